The summed E-state index contributed by atoms with van der Waals surface area (Å²) in [6.45, 7) is 2.64. The first-order chi connectivity index (χ1) is 12.6. The van der Waals surface area contributed by atoms with Gasteiger partial charge in [-0.1, -0.05) is 41.4 Å². The monoisotopic (exact) mass is 390 g/mol. The van der Waals surface area contributed by atoms with Gasteiger partial charge in [0.1, 0.15) is 0 Å². The van der Waals surface area contributed by atoms with E-state index in [1.807, 2.05) is 0 Å². The first kappa shape index (κ1) is 18.9. The van der Waals surface area contributed by atoms with Gasteiger partial charge in [0, 0.05) is 17.7 Å². The minimum Gasteiger partial charge on any atom is -0.352 e. The molecule has 4 nitrogen and oxygen atoms in total. The molecule has 0 bridgehead atoms. The van der Waals surface area contributed by atoms with Crippen LogP contribution in [0.15, 0.2) is 42.5 Å². The number of hydrogen-bond acceptors (Lipinski definition) is 3. The lowest BCUT2D eigenvalue weighted by molar-refractivity contribution is 0.0940. The summed E-state index contributed by atoms with van der Waals surface area (Å²) in [5.41, 5.74) is 1.12. The molecule has 1 atom stereocenters. The first-order valence-corrected chi connectivity index (χ1v) is 9.39. The summed E-state index contributed by atoms with van der Waals surface area (Å²) in [4.78, 5) is 25.4. The van der Waals surface area contributed by atoms with Gasteiger partial charge >= 0.3 is 0 Å². The van der Waals surface area contributed by atoms with Crippen molar-refractivity contribution in [2.24, 2.45) is 5.92 Å². The van der Waals surface area contributed by atoms with E-state index in [0.717, 1.165) is 25.9 Å². The van der Waals surface area contributed by atoms with Crippen LogP contribution in [-0.2, 0) is 0 Å². The van der Waals surface area contributed by atoms with Crippen molar-refractivity contribution in [2.45, 2.75) is 12.8 Å². The molecule has 1 saturated heterocycles. The fourth-order valence-corrected chi connectivity index (χ4v) is 3.42. The summed E-state index contributed by atoms with van der Waals surface area (Å²) in [6, 6.07) is 11.5. The number of rotatable bonds is 6. The summed E-state index contributed by atoms with van der Waals surface area (Å²) in [7, 11) is 0. The van der Waals surface area contributed by atoms with Gasteiger partial charge in [0.25, 0.3) is 5.91 Å². The number of nitrogens with one attached hydrogen (secondary N) is 2. The smallest absolute Gasteiger partial charge is 0.252 e. The molecule has 26 heavy (non-hydrogen) atoms. The van der Waals surface area contributed by atoms with E-state index in [9.17, 15) is 9.59 Å². The number of benzene rings is 2. The van der Waals surface area contributed by atoms with Gasteiger partial charge in [-0.3, -0.25) is 9.59 Å². The van der Waals surface area contributed by atoms with E-state index in [0.29, 0.717) is 39.2 Å². The Morgan fingerprint density at radius 1 is 1.08 bits per heavy atom. The molecule has 1 unspecified atom stereocenters. The van der Waals surface area contributed by atoms with Crippen molar-refractivity contribution < 1.29 is 9.59 Å². The van der Waals surface area contributed by atoms with Crippen LogP contribution in [0.5, 0.6) is 0 Å². The van der Waals surface area contributed by atoms with Crippen molar-refractivity contribution in [3.8, 4) is 0 Å². The highest BCUT2D eigenvalue weighted by molar-refractivity contribution is 6.42. The summed E-state index contributed by atoms with van der Waals surface area (Å²) >= 11 is 11.9. The van der Waals surface area contributed by atoms with Gasteiger partial charge in [0.2, 0.25) is 0 Å². The summed E-state index contributed by atoms with van der Waals surface area (Å²) in [5.74, 6) is 0.109. The fourth-order valence-electron chi connectivity index (χ4n) is 3.12. The van der Waals surface area contributed by atoms with Crippen molar-refractivity contribution in [2.75, 3.05) is 19.6 Å². The van der Waals surface area contributed by atoms with Gasteiger partial charge in [-0.15, -0.1) is 0 Å². The Hall–Kier alpha value is -1.88. The molecule has 2 aromatic rings. The van der Waals surface area contributed by atoms with Gasteiger partial charge in [-0.05, 0) is 56.1 Å². The van der Waals surface area contributed by atoms with Gasteiger partial charge in [-0.25, -0.2) is 0 Å². The Bertz CT molecular complexity index is 817. The summed E-state index contributed by atoms with van der Waals surface area (Å²) in [6.07, 6.45) is 2.07. The topological polar surface area (TPSA) is 58.2 Å². The molecule has 1 amide bonds. The van der Waals surface area contributed by atoms with E-state index < -0.39 is 0 Å². The van der Waals surface area contributed by atoms with Crippen LogP contribution in [0.3, 0.4) is 0 Å². The van der Waals surface area contributed by atoms with Crippen LogP contribution in [0, 0.1) is 5.92 Å². The second kappa shape index (κ2) is 8.67. The Kier molecular flexibility index (Phi) is 6.30. The van der Waals surface area contributed by atoms with E-state index in [2.05, 4.69) is 10.6 Å². The third-order valence-corrected chi connectivity index (χ3v) is 5.34. The van der Waals surface area contributed by atoms with Crippen molar-refractivity contribution in [1.29, 1.82) is 0 Å². The molecule has 0 aromatic heterocycles. The molecule has 1 aliphatic rings. The van der Waals surface area contributed by atoms with Crippen molar-refractivity contribution in [1.82, 2.24) is 10.6 Å². The van der Waals surface area contributed by atoms with Gasteiger partial charge in [0.15, 0.2) is 5.78 Å². The molecule has 136 valence electrons. The van der Waals surface area contributed by atoms with Crippen LogP contribution in [0.2, 0.25) is 10.0 Å². The van der Waals surface area contributed by atoms with Gasteiger partial charge in [-0.2, -0.15) is 0 Å². The lowest BCUT2D eigenvalue weighted by Gasteiger charge is -2.12. The highest BCUT2D eigenvalue weighted by atomic mass is 35.5. The van der Waals surface area contributed by atoms with Crippen LogP contribution in [0.1, 0.15) is 39.1 Å². The summed E-state index contributed by atoms with van der Waals surface area (Å²) in [5, 5.41) is 6.94. The maximum absolute atomic E-state index is 12.8. The van der Waals surface area contributed by atoms with Crippen molar-refractivity contribution in [3.63, 3.8) is 0 Å². The fraction of sp³-hybridized carbons (Fsp3) is 0.300. The molecule has 6 heteroatoms. The molecule has 1 heterocycles. The molecule has 0 aliphatic carbocycles. The first-order valence-electron chi connectivity index (χ1n) is 8.64. The predicted octanol–water partition coefficient (Wildman–Crippen LogP) is 3.95. The van der Waals surface area contributed by atoms with Gasteiger partial charge < -0.3 is 10.6 Å². The minimum absolute atomic E-state index is 0.236. The van der Waals surface area contributed by atoms with E-state index in [1.54, 1.807) is 36.4 Å². The number of carbonyl (C=O) groups excluding carboxylic acids is 2. The summed E-state index contributed by atoms with van der Waals surface area (Å²) < 4.78 is 0. The molecule has 0 spiro atoms. The molecular weight excluding hydrogens is 371 g/mol. The number of hydrogen-bond donors (Lipinski definition) is 2. The third kappa shape index (κ3) is 4.44. The average Bonchev–Trinajstić information content (AvgIpc) is 3.17. The minimum atomic E-state index is -0.255. The Morgan fingerprint density at radius 2 is 1.85 bits per heavy atom. The van der Waals surface area contributed by atoms with E-state index >= 15 is 0 Å². The predicted molar refractivity (Wildman–Crippen MR) is 104 cm³/mol. The zero-order valence-electron chi connectivity index (χ0n) is 14.2. The highest BCUT2D eigenvalue weighted by Gasteiger charge is 2.19. The molecule has 2 N–H and O–H groups in total. The van der Waals surface area contributed by atoms with E-state index in [1.165, 1.54) is 6.07 Å². The average molecular weight is 391 g/mol. The Labute approximate surface area is 162 Å². The number of carbonyl (C=O) groups is 2. The molecule has 1 fully saturated rings. The zero-order chi connectivity index (χ0) is 18.5. The Balaban J connectivity index is 1.73. The molecule has 0 saturated carbocycles. The highest BCUT2D eigenvalue weighted by Crippen LogP contribution is 2.24. The van der Waals surface area contributed by atoms with Gasteiger partial charge in [0.05, 0.1) is 15.6 Å². The third-order valence-electron chi connectivity index (χ3n) is 4.60. The molecule has 3 rings (SSSR count). The zero-order valence-corrected chi connectivity index (χ0v) is 15.7. The maximum atomic E-state index is 12.8. The quantitative estimate of drug-likeness (QED) is 0.733. The standard InChI is InChI=1S/C20H20Cl2N2O2/c21-17-6-5-14(11-18(17)22)19(25)15-3-1-2-4-16(15)20(26)24-10-8-13-7-9-23-12-13/h1-6,11,13,23H,7-10,12H2,(H,24,26). The second-order valence-corrected chi connectivity index (χ2v) is 7.22. The number of amides is 1. The maximum Gasteiger partial charge on any atom is 0.252 e. The van der Waals surface area contributed by atoms with E-state index in [-0.39, 0.29) is 11.7 Å². The SMILES string of the molecule is O=C(NCCC1CCNC1)c1ccccc1C(=O)c1ccc(Cl)c(Cl)c1. The lowest BCUT2D eigenvalue weighted by atomic mass is 9.97. The van der Waals surface area contributed by atoms with E-state index in [4.69, 9.17) is 23.2 Å². The normalized spacial score (nSPS) is 16.5. The number of halogens is 2. The van der Waals surface area contributed by atoms with Crippen LogP contribution in [0.25, 0.3) is 0 Å². The molecular formula is C20H20Cl2N2O2. The van der Waals surface area contributed by atoms with Crippen LogP contribution in [0.4, 0.5) is 0 Å². The molecule has 2 aromatic carbocycles. The second-order valence-electron chi connectivity index (χ2n) is 6.41. The van der Waals surface area contributed by atoms with Crippen LogP contribution < -0.4 is 10.6 Å². The lowest BCUT2D eigenvalue weighted by Crippen LogP contribution is -2.28. The van der Waals surface area contributed by atoms with Crippen molar-refractivity contribution >= 4 is 34.9 Å². The largest absolute Gasteiger partial charge is 0.352 e. The van der Waals surface area contributed by atoms with Crippen LogP contribution >= 0.6 is 23.2 Å². The number of ketones is 1. The van der Waals surface area contributed by atoms with Crippen LogP contribution in [-0.4, -0.2) is 31.3 Å². The molecule has 1 aliphatic heterocycles. The Morgan fingerprint density at radius 3 is 2.54 bits per heavy atom. The molecule has 0 radical (unpaired) electrons. The van der Waals surface area contributed by atoms with Crippen molar-refractivity contribution in [3.05, 3.63) is 69.2 Å².